The largest absolute Gasteiger partial charge is 0.461 e. The maximum Gasteiger partial charge on any atom is 0.306 e. The van der Waals surface area contributed by atoms with E-state index in [9.17, 15) is 14.4 Å². The molecule has 0 rings (SSSR count). The third-order valence-electron chi connectivity index (χ3n) is 6.35. The smallest absolute Gasteiger partial charge is 0.306 e. The summed E-state index contributed by atoms with van der Waals surface area (Å²) in [6.07, 6.45) is 26.8. The normalized spacial score (nSPS) is 12.5. The predicted octanol–water partition coefficient (Wildman–Crippen LogP) is 9.07. The molecule has 6 nitrogen and oxygen atoms in total. The molecule has 0 N–H and O–H groups in total. The standard InChI is InChI=1S/C37H56O6/c1-7-8-9-10-11-12-13-14-15-16-17-18-19-20-21-25-37(40)41-29-28-35(30-42-33(5)38)36(43-34(6)39)27-26-32(4)24-22-23-31(2)3/h11-12,14-15,23,26,28,36H,7-10,13,16-21,25,27,29-30H2,1-6H3/b12-11-,15-14-,32-26+,35-28+/t36-/m0/s1. The highest BCUT2D eigenvalue weighted by Gasteiger charge is 2.18. The van der Waals surface area contributed by atoms with Crippen LogP contribution in [0.15, 0.2) is 59.3 Å². The summed E-state index contributed by atoms with van der Waals surface area (Å²) in [5.41, 5.74) is 2.48. The van der Waals surface area contributed by atoms with Gasteiger partial charge in [-0.15, -0.1) is 0 Å². The van der Waals surface area contributed by atoms with Crippen LogP contribution in [0.3, 0.4) is 0 Å². The molecule has 0 aromatic heterocycles. The van der Waals surface area contributed by atoms with Crippen LogP contribution in [0.1, 0.15) is 125 Å². The summed E-state index contributed by atoms with van der Waals surface area (Å²) < 4.78 is 16.1. The summed E-state index contributed by atoms with van der Waals surface area (Å²) in [5, 5.41) is 0. The molecule has 0 amide bonds. The Morgan fingerprint density at radius 3 is 2.02 bits per heavy atom. The molecular formula is C37H56O6. The van der Waals surface area contributed by atoms with E-state index in [0.717, 1.165) is 56.1 Å². The van der Waals surface area contributed by atoms with Crippen molar-refractivity contribution in [3.8, 4) is 11.8 Å². The Labute approximate surface area is 261 Å². The van der Waals surface area contributed by atoms with Gasteiger partial charge in [-0.1, -0.05) is 86.8 Å². The highest BCUT2D eigenvalue weighted by molar-refractivity contribution is 5.69. The van der Waals surface area contributed by atoms with E-state index >= 15 is 0 Å². The lowest BCUT2D eigenvalue weighted by Gasteiger charge is -2.19. The van der Waals surface area contributed by atoms with Crippen molar-refractivity contribution in [2.24, 2.45) is 0 Å². The topological polar surface area (TPSA) is 78.9 Å². The zero-order valence-corrected chi connectivity index (χ0v) is 27.7. The highest BCUT2D eigenvalue weighted by Crippen LogP contribution is 2.16. The van der Waals surface area contributed by atoms with Gasteiger partial charge in [-0.3, -0.25) is 14.4 Å². The van der Waals surface area contributed by atoms with Gasteiger partial charge in [-0.05, 0) is 77.0 Å². The van der Waals surface area contributed by atoms with E-state index in [1.54, 1.807) is 6.08 Å². The SMILES string of the molecule is CCCCC/C=C\C/C=C\CCCCCCCC(=O)OC/C=C(\COC(C)=O)[C@H](C/C=C(\C)C#CC=C(C)C)OC(C)=O. The zero-order valence-electron chi connectivity index (χ0n) is 27.7. The molecule has 0 heterocycles. The minimum Gasteiger partial charge on any atom is -0.461 e. The van der Waals surface area contributed by atoms with Crippen molar-refractivity contribution >= 4 is 17.9 Å². The molecule has 0 unspecified atom stereocenters. The van der Waals surface area contributed by atoms with Gasteiger partial charge < -0.3 is 14.2 Å². The summed E-state index contributed by atoms with van der Waals surface area (Å²) in [5.74, 6) is 4.83. The van der Waals surface area contributed by atoms with Gasteiger partial charge in [0.25, 0.3) is 0 Å². The fraction of sp³-hybridized carbons (Fsp3) is 0.595. The maximum atomic E-state index is 12.3. The van der Waals surface area contributed by atoms with Gasteiger partial charge in [0.1, 0.15) is 19.3 Å². The van der Waals surface area contributed by atoms with E-state index < -0.39 is 18.0 Å². The Morgan fingerprint density at radius 1 is 0.744 bits per heavy atom. The van der Waals surface area contributed by atoms with Crippen molar-refractivity contribution in [3.05, 3.63) is 59.3 Å². The van der Waals surface area contributed by atoms with Crippen LogP contribution < -0.4 is 0 Å². The molecule has 0 aromatic carbocycles. The quantitative estimate of drug-likeness (QED) is 0.0408. The van der Waals surface area contributed by atoms with E-state index in [0.29, 0.717) is 18.4 Å². The first kappa shape index (κ1) is 39.7. The van der Waals surface area contributed by atoms with Crippen LogP contribution in [0.2, 0.25) is 0 Å². The first-order valence-corrected chi connectivity index (χ1v) is 15.9. The van der Waals surface area contributed by atoms with E-state index in [1.807, 2.05) is 32.9 Å². The zero-order chi connectivity index (χ0) is 32.1. The summed E-state index contributed by atoms with van der Waals surface area (Å²) in [6.45, 7) is 10.6. The average Bonchev–Trinajstić information content (AvgIpc) is 2.94. The maximum absolute atomic E-state index is 12.3. The first-order chi connectivity index (χ1) is 20.6. The second-order valence-corrected chi connectivity index (χ2v) is 10.9. The molecular weight excluding hydrogens is 540 g/mol. The Morgan fingerprint density at radius 2 is 1.40 bits per heavy atom. The van der Waals surface area contributed by atoms with E-state index in [2.05, 4.69) is 43.1 Å². The molecule has 0 bridgehead atoms. The Balaban J connectivity index is 4.60. The molecule has 43 heavy (non-hydrogen) atoms. The Kier molecular flexibility index (Phi) is 25.4. The van der Waals surface area contributed by atoms with Crippen molar-refractivity contribution in [2.45, 2.75) is 131 Å². The molecule has 0 saturated carbocycles. The molecule has 1 atom stereocenters. The van der Waals surface area contributed by atoms with Crippen molar-refractivity contribution in [2.75, 3.05) is 13.2 Å². The fourth-order valence-electron chi connectivity index (χ4n) is 3.97. The molecule has 0 saturated heterocycles. The summed E-state index contributed by atoms with van der Waals surface area (Å²) in [6, 6.07) is 0. The van der Waals surface area contributed by atoms with Crippen molar-refractivity contribution < 1.29 is 28.6 Å². The number of allylic oxidation sites excluding steroid dienone is 7. The van der Waals surface area contributed by atoms with Crippen LogP contribution in [-0.4, -0.2) is 37.2 Å². The lowest BCUT2D eigenvalue weighted by molar-refractivity contribution is -0.146. The second kappa shape index (κ2) is 27.5. The van der Waals surface area contributed by atoms with E-state index in [-0.39, 0.29) is 19.2 Å². The molecule has 0 radical (unpaired) electrons. The number of carbonyl (C=O) groups excluding carboxylic acids is 3. The van der Waals surface area contributed by atoms with Crippen LogP contribution in [-0.2, 0) is 28.6 Å². The highest BCUT2D eigenvalue weighted by atomic mass is 16.6. The molecule has 0 fully saturated rings. The van der Waals surface area contributed by atoms with Gasteiger partial charge in [0.05, 0.1) is 0 Å². The number of unbranched alkanes of at least 4 members (excludes halogenated alkanes) is 8. The van der Waals surface area contributed by atoms with Crippen LogP contribution in [0.4, 0.5) is 0 Å². The number of carbonyl (C=O) groups is 3. The fourth-order valence-corrected chi connectivity index (χ4v) is 3.97. The van der Waals surface area contributed by atoms with Gasteiger partial charge >= 0.3 is 17.9 Å². The number of rotatable bonds is 22. The van der Waals surface area contributed by atoms with E-state index in [4.69, 9.17) is 14.2 Å². The number of hydrogen-bond donors (Lipinski definition) is 0. The molecule has 0 spiro atoms. The Hall–Kier alpha value is -3.33. The average molecular weight is 597 g/mol. The van der Waals surface area contributed by atoms with Crippen LogP contribution >= 0.6 is 0 Å². The minimum atomic E-state index is -0.669. The molecule has 240 valence electrons. The van der Waals surface area contributed by atoms with Gasteiger partial charge in [-0.2, -0.15) is 0 Å². The van der Waals surface area contributed by atoms with E-state index in [1.165, 1.54) is 39.5 Å². The lowest BCUT2D eigenvalue weighted by Crippen LogP contribution is -2.23. The third kappa shape index (κ3) is 27.3. The van der Waals surface area contributed by atoms with Gasteiger partial charge in [0, 0.05) is 32.3 Å². The number of hydrogen-bond acceptors (Lipinski definition) is 6. The van der Waals surface area contributed by atoms with Crippen molar-refractivity contribution in [3.63, 3.8) is 0 Å². The van der Waals surface area contributed by atoms with Crippen molar-refractivity contribution in [1.29, 1.82) is 0 Å². The lowest BCUT2D eigenvalue weighted by atomic mass is 10.1. The third-order valence-corrected chi connectivity index (χ3v) is 6.35. The summed E-state index contributed by atoms with van der Waals surface area (Å²) in [4.78, 5) is 35.5. The predicted molar refractivity (Wildman–Crippen MR) is 176 cm³/mol. The minimum absolute atomic E-state index is 0.0104. The molecule has 0 aliphatic carbocycles. The number of esters is 3. The molecule has 0 aliphatic rings. The molecule has 0 aromatic rings. The summed E-state index contributed by atoms with van der Waals surface area (Å²) in [7, 11) is 0. The monoisotopic (exact) mass is 596 g/mol. The first-order valence-electron chi connectivity index (χ1n) is 15.9. The summed E-state index contributed by atoms with van der Waals surface area (Å²) >= 11 is 0. The van der Waals surface area contributed by atoms with Gasteiger partial charge in [0.2, 0.25) is 0 Å². The van der Waals surface area contributed by atoms with Crippen LogP contribution in [0, 0.1) is 11.8 Å². The Bertz CT molecular complexity index is 1010. The van der Waals surface area contributed by atoms with Gasteiger partial charge in [0.15, 0.2) is 0 Å². The van der Waals surface area contributed by atoms with Crippen molar-refractivity contribution in [1.82, 2.24) is 0 Å². The van der Waals surface area contributed by atoms with Crippen LogP contribution in [0.25, 0.3) is 0 Å². The van der Waals surface area contributed by atoms with Crippen LogP contribution in [0.5, 0.6) is 0 Å². The second-order valence-electron chi connectivity index (χ2n) is 10.9. The number of ether oxygens (including phenoxy) is 3. The van der Waals surface area contributed by atoms with Gasteiger partial charge in [-0.25, -0.2) is 0 Å². The molecule has 6 heteroatoms. The molecule has 0 aliphatic heterocycles.